The van der Waals surface area contributed by atoms with Crippen LogP contribution in [0.1, 0.15) is 343 Å². The summed E-state index contributed by atoms with van der Waals surface area (Å²) >= 11 is 0. The van der Waals surface area contributed by atoms with Gasteiger partial charge in [-0.1, -0.05) is 292 Å². The van der Waals surface area contributed by atoms with E-state index in [0.717, 1.165) is 108 Å². The zero-order valence-corrected chi connectivity index (χ0v) is 58.1. The minimum absolute atomic E-state index is 0.104. The van der Waals surface area contributed by atoms with Gasteiger partial charge in [-0.3, -0.25) is 37.3 Å². The summed E-state index contributed by atoms with van der Waals surface area (Å²) < 4.78 is 68.1. The third-order valence-electron chi connectivity index (χ3n) is 15.7. The number of phosphoric acid groups is 2. The first-order chi connectivity index (χ1) is 41.9. The summed E-state index contributed by atoms with van der Waals surface area (Å²) in [5.74, 6) is -0.653. The quantitative estimate of drug-likeness (QED) is 0.0222. The van der Waals surface area contributed by atoms with Gasteiger partial charge in [0, 0.05) is 25.7 Å². The van der Waals surface area contributed by atoms with Crippen LogP contribution < -0.4 is 0 Å². The Kier molecular flexibility index (Phi) is 59.0. The molecule has 0 aliphatic carbocycles. The third kappa shape index (κ3) is 62.6. The summed E-state index contributed by atoms with van der Waals surface area (Å²) in [7, 11) is -9.89. The van der Waals surface area contributed by atoms with Crippen molar-refractivity contribution in [2.75, 3.05) is 39.6 Å². The Balaban J connectivity index is 5.23. The lowest BCUT2D eigenvalue weighted by Crippen LogP contribution is -2.30. The number of esters is 4. The van der Waals surface area contributed by atoms with Crippen LogP contribution in [0.5, 0.6) is 0 Å². The van der Waals surface area contributed by atoms with E-state index in [1.807, 2.05) is 0 Å². The molecule has 3 N–H and O–H groups in total. The number of hydrogen-bond donors (Lipinski definition) is 3. The molecule has 0 radical (unpaired) electrons. The van der Waals surface area contributed by atoms with Crippen molar-refractivity contribution < 1.29 is 80.2 Å². The van der Waals surface area contributed by atoms with Gasteiger partial charge in [-0.15, -0.1) is 0 Å². The van der Waals surface area contributed by atoms with E-state index in [0.29, 0.717) is 25.7 Å². The zero-order valence-electron chi connectivity index (χ0n) is 56.3. The van der Waals surface area contributed by atoms with Crippen molar-refractivity contribution in [1.82, 2.24) is 0 Å². The van der Waals surface area contributed by atoms with E-state index in [2.05, 4.69) is 41.5 Å². The fraction of sp³-hybridized carbons (Fsp3) is 0.941. The van der Waals surface area contributed by atoms with Gasteiger partial charge in [0.2, 0.25) is 0 Å². The summed E-state index contributed by atoms with van der Waals surface area (Å²) in [5.41, 5.74) is 0. The number of carbonyl (C=O) groups excluding carboxylic acids is 4. The Bertz CT molecular complexity index is 1700. The van der Waals surface area contributed by atoms with Crippen LogP contribution in [-0.2, 0) is 65.4 Å². The number of hydrogen-bond acceptors (Lipinski definition) is 15. The van der Waals surface area contributed by atoms with E-state index in [9.17, 15) is 43.2 Å². The molecule has 17 nitrogen and oxygen atoms in total. The lowest BCUT2D eigenvalue weighted by Gasteiger charge is -2.21. The Morgan fingerprint density at radius 2 is 0.529 bits per heavy atom. The molecule has 19 heteroatoms. The Hall–Kier alpha value is -1.94. The highest BCUT2D eigenvalue weighted by Gasteiger charge is 2.30. The van der Waals surface area contributed by atoms with Crippen molar-refractivity contribution in [2.45, 2.75) is 362 Å². The Labute approximate surface area is 530 Å². The molecule has 0 aromatic carbocycles. The molecular formula is C68H132O17P2. The highest BCUT2D eigenvalue weighted by atomic mass is 31.2. The second-order valence-electron chi connectivity index (χ2n) is 25.5. The number of carbonyl (C=O) groups is 4. The fourth-order valence-corrected chi connectivity index (χ4v) is 11.8. The molecular weight excluding hydrogens is 1150 g/mol. The molecule has 516 valence electrons. The zero-order chi connectivity index (χ0) is 64.3. The number of ether oxygens (including phenoxy) is 4. The van der Waals surface area contributed by atoms with Crippen molar-refractivity contribution in [2.24, 2.45) is 11.8 Å². The second kappa shape index (κ2) is 60.3. The second-order valence-corrected chi connectivity index (χ2v) is 28.4. The number of phosphoric ester groups is 2. The fourth-order valence-electron chi connectivity index (χ4n) is 10.2. The summed E-state index contributed by atoms with van der Waals surface area (Å²) in [6.45, 7) is 9.46. The molecule has 0 bridgehead atoms. The number of aliphatic hydroxyl groups excluding tert-OH is 1. The lowest BCUT2D eigenvalue weighted by molar-refractivity contribution is -0.161. The Morgan fingerprint density at radius 1 is 0.310 bits per heavy atom. The van der Waals surface area contributed by atoms with E-state index in [1.54, 1.807) is 0 Å². The largest absolute Gasteiger partial charge is 0.472 e. The van der Waals surface area contributed by atoms with Crippen molar-refractivity contribution in [3.8, 4) is 0 Å². The summed E-state index contributed by atoms with van der Waals surface area (Å²) in [4.78, 5) is 72.4. The molecule has 0 saturated carbocycles. The van der Waals surface area contributed by atoms with Gasteiger partial charge < -0.3 is 33.8 Å². The summed E-state index contributed by atoms with van der Waals surface area (Å²) in [6.07, 6.45) is 44.5. The maximum Gasteiger partial charge on any atom is 0.472 e. The van der Waals surface area contributed by atoms with E-state index >= 15 is 0 Å². The van der Waals surface area contributed by atoms with E-state index in [-0.39, 0.29) is 25.7 Å². The summed E-state index contributed by atoms with van der Waals surface area (Å²) in [5, 5.41) is 10.6. The van der Waals surface area contributed by atoms with Gasteiger partial charge in [-0.05, 0) is 37.5 Å². The van der Waals surface area contributed by atoms with Crippen LogP contribution in [0.4, 0.5) is 0 Å². The monoisotopic (exact) mass is 1280 g/mol. The molecule has 0 aliphatic heterocycles. The van der Waals surface area contributed by atoms with Gasteiger partial charge in [0.25, 0.3) is 0 Å². The van der Waals surface area contributed by atoms with Gasteiger partial charge in [0.15, 0.2) is 12.2 Å². The molecule has 0 aromatic rings. The highest BCUT2D eigenvalue weighted by molar-refractivity contribution is 7.47. The third-order valence-corrected chi connectivity index (χ3v) is 17.6. The highest BCUT2D eigenvalue weighted by Crippen LogP contribution is 2.45. The number of rotatable bonds is 67. The molecule has 0 heterocycles. The summed E-state index contributed by atoms with van der Waals surface area (Å²) in [6, 6.07) is 0. The van der Waals surface area contributed by atoms with Crippen LogP contribution in [0.2, 0.25) is 0 Å². The van der Waals surface area contributed by atoms with Crippen LogP contribution in [0.15, 0.2) is 0 Å². The minimum Gasteiger partial charge on any atom is -0.462 e. The molecule has 0 aliphatic rings. The maximum absolute atomic E-state index is 13.0. The van der Waals surface area contributed by atoms with Crippen LogP contribution in [0.3, 0.4) is 0 Å². The van der Waals surface area contributed by atoms with Crippen LogP contribution >= 0.6 is 15.6 Å². The van der Waals surface area contributed by atoms with E-state index < -0.39 is 97.5 Å². The predicted molar refractivity (Wildman–Crippen MR) is 349 cm³/mol. The maximum atomic E-state index is 13.0. The molecule has 0 saturated heterocycles. The first-order valence-electron chi connectivity index (χ1n) is 35.5. The van der Waals surface area contributed by atoms with Crippen LogP contribution in [-0.4, -0.2) is 96.7 Å². The lowest BCUT2D eigenvalue weighted by atomic mass is 10.0. The predicted octanol–water partition coefficient (Wildman–Crippen LogP) is 19.2. The van der Waals surface area contributed by atoms with Crippen LogP contribution in [0, 0.1) is 11.8 Å². The average Bonchev–Trinajstić information content (AvgIpc) is 3.51. The van der Waals surface area contributed by atoms with Gasteiger partial charge in [-0.2, -0.15) is 0 Å². The van der Waals surface area contributed by atoms with E-state index in [4.69, 9.17) is 37.0 Å². The first-order valence-corrected chi connectivity index (χ1v) is 38.5. The SMILES string of the molecule is CCCCCCCCCCCCCCCCCC(=O)O[C@H](COC(=O)CCCCCCCCCCCCC(C)C)COP(=O)(O)OC[C@@H](O)COP(=O)(O)OC[C@@H](COC(=O)CCCCCCCCCC)OC(=O)CCCCCCCCCCC(C)C. The standard InChI is InChI=1S/C68H132O17P2/c1-7-9-11-13-15-17-18-19-20-21-22-27-34-40-46-52-67(72)84-64(57-79-66(71)51-45-39-33-26-24-23-25-30-36-42-48-60(3)4)59-83-87(76,77)81-55-62(69)54-80-86(74,75)82-58-63(56-78-65(70)50-44-38-32-16-14-12-10-8-2)85-68(73)53-47-41-35-29-28-31-37-43-49-61(5)6/h60-64,69H,7-59H2,1-6H3,(H,74,75)(H,76,77)/t62-,63+,64+/m0/s1. The normalized spacial score (nSPS) is 14.2. The first kappa shape index (κ1) is 85.1. The van der Waals surface area contributed by atoms with Crippen molar-refractivity contribution >= 4 is 39.5 Å². The molecule has 0 fully saturated rings. The van der Waals surface area contributed by atoms with E-state index in [1.165, 1.54) is 154 Å². The number of unbranched alkanes of at least 4 members (excludes halogenated alkanes) is 37. The van der Waals surface area contributed by atoms with Gasteiger partial charge >= 0.3 is 39.5 Å². The topological polar surface area (TPSA) is 237 Å². The molecule has 87 heavy (non-hydrogen) atoms. The molecule has 2 unspecified atom stereocenters. The molecule has 0 spiro atoms. The van der Waals surface area contributed by atoms with Gasteiger partial charge in [0.1, 0.15) is 19.3 Å². The molecule has 0 aromatic heterocycles. The Morgan fingerprint density at radius 3 is 0.782 bits per heavy atom. The van der Waals surface area contributed by atoms with Gasteiger partial charge in [-0.25, -0.2) is 9.13 Å². The number of aliphatic hydroxyl groups is 1. The molecule has 0 amide bonds. The van der Waals surface area contributed by atoms with Crippen molar-refractivity contribution in [1.29, 1.82) is 0 Å². The molecule has 0 rings (SSSR count). The van der Waals surface area contributed by atoms with Gasteiger partial charge in [0.05, 0.1) is 26.4 Å². The minimum atomic E-state index is -4.95. The van der Waals surface area contributed by atoms with Crippen LogP contribution in [0.25, 0.3) is 0 Å². The smallest absolute Gasteiger partial charge is 0.462 e. The average molecular weight is 1280 g/mol. The molecule has 5 atom stereocenters. The van der Waals surface area contributed by atoms with Crippen molar-refractivity contribution in [3.63, 3.8) is 0 Å². The van der Waals surface area contributed by atoms with Crippen molar-refractivity contribution in [3.05, 3.63) is 0 Å².